The van der Waals surface area contributed by atoms with Crippen LogP contribution in [-0.2, 0) is 25.9 Å². The summed E-state index contributed by atoms with van der Waals surface area (Å²) >= 11 is 1.58. The van der Waals surface area contributed by atoms with Crippen LogP contribution in [0.2, 0.25) is 0 Å². The number of benzene rings is 1. The zero-order chi connectivity index (χ0) is 23.6. The number of ether oxygens (including phenoxy) is 1. The lowest BCUT2D eigenvalue weighted by Gasteiger charge is -2.27. The van der Waals surface area contributed by atoms with E-state index < -0.39 is 6.11 Å². The Kier molecular flexibility index (Phi) is 6.76. The molecular formula is C25H27F2N3O2S. The number of thiophene rings is 1. The summed E-state index contributed by atoms with van der Waals surface area (Å²) < 4.78 is 30.8. The molecule has 5 nitrogen and oxygen atoms in total. The summed E-state index contributed by atoms with van der Waals surface area (Å²) in [6.07, 6.45) is 0.391. The Balaban J connectivity index is 1.42. The lowest BCUT2D eigenvalue weighted by atomic mass is 10.0. The van der Waals surface area contributed by atoms with E-state index in [9.17, 15) is 13.6 Å². The van der Waals surface area contributed by atoms with Crippen molar-refractivity contribution < 1.29 is 18.3 Å². The number of aromatic nitrogens is 1. The van der Waals surface area contributed by atoms with Gasteiger partial charge in [0.2, 0.25) is 0 Å². The second kappa shape index (κ2) is 9.57. The average Bonchev–Trinajstić information content (AvgIpc) is 3.16. The lowest BCUT2D eigenvalue weighted by Crippen LogP contribution is -2.30. The largest absolute Gasteiger partial charge is 0.433 e. The molecule has 2 aromatic heterocycles. The van der Waals surface area contributed by atoms with Crippen molar-refractivity contribution in [1.29, 1.82) is 0 Å². The first-order chi connectivity index (χ1) is 15.7. The fourth-order valence-electron chi connectivity index (χ4n) is 4.13. The fraction of sp³-hybridized carbons (Fsp3) is 0.360. The van der Waals surface area contributed by atoms with E-state index in [1.807, 2.05) is 11.6 Å². The van der Waals surface area contributed by atoms with E-state index in [0.29, 0.717) is 18.2 Å². The Hall–Kier alpha value is -2.84. The maximum absolute atomic E-state index is 13.1. The van der Waals surface area contributed by atoms with Crippen molar-refractivity contribution in [3.05, 3.63) is 74.7 Å². The van der Waals surface area contributed by atoms with Crippen LogP contribution in [0.3, 0.4) is 0 Å². The van der Waals surface area contributed by atoms with Gasteiger partial charge in [-0.15, -0.1) is 11.3 Å². The third kappa shape index (κ3) is 5.75. The number of carbonyl (C=O) groups excluding carboxylic acids is 1. The van der Waals surface area contributed by atoms with Crippen molar-refractivity contribution in [2.45, 2.75) is 52.8 Å². The molecule has 0 atom stereocenters. The highest BCUT2D eigenvalue weighted by molar-refractivity contribution is 7.10. The Morgan fingerprint density at radius 3 is 2.88 bits per heavy atom. The van der Waals surface area contributed by atoms with Crippen molar-refractivity contribution >= 4 is 22.9 Å². The number of rotatable bonds is 7. The minimum Gasteiger partial charge on any atom is -0.433 e. The van der Waals surface area contributed by atoms with E-state index >= 15 is 0 Å². The molecule has 0 saturated carbocycles. The predicted molar refractivity (Wildman–Crippen MR) is 126 cm³/mol. The summed E-state index contributed by atoms with van der Waals surface area (Å²) in [5.74, 6) is -0.240. The molecule has 1 aromatic carbocycles. The smallest absolute Gasteiger partial charge is 0.394 e. The van der Waals surface area contributed by atoms with Gasteiger partial charge in [-0.2, -0.15) is 8.78 Å². The first-order valence-corrected chi connectivity index (χ1v) is 11.8. The maximum Gasteiger partial charge on any atom is 0.394 e. The molecule has 174 valence electrons. The molecule has 0 saturated heterocycles. The second-order valence-corrected chi connectivity index (χ2v) is 9.33. The van der Waals surface area contributed by atoms with Gasteiger partial charge in [-0.25, -0.2) is 0 Å². The van der Waals surface area contributed by atoms with Crippen molar-refractivity contribution in [1.82, 2.24) is 9.88 Å². The number of fused-ring (bicyclic) bond motifs is 1. The van der Waals surface area contributed by atoms with Gasteiger partial charge in [0.1, 0.15) is 5.75 Å². The Morgan fingerprint density at radius 1 is 1.33 bits per heavy atom. The number of anilines is 1. The highest BCUT2D eigenvalue weighted by Gasteiger charge is 2.25. The van der Waals surface area contributed by atoms with Crippen LogP contribution in [0.1, 0.15) is 51.5 Å². The van der Waals surface area contributed by atoms with Gasteiger partial charge in [-0.05, 0) is 48.6 Å². The highest BCUT2D eigenvalue weighted by Crippen LogP contribution is 2.31. The fourth-order valence-corrected chi connectivity index (χ4v) is 5.25. The summed E-state index contributed by atoms with van der Waals surface area (Å²) in [4.78, 5) is 21.0. The van der Waals surface area contributed by atoms with Crippen LogP contribution in [0.4, 0.5) is 14.5 Å². The molecule has 0 radical (unpaired) electrons. The van der Waals surface area contributed by atoms with Gasteiger partial charge >= 0.3 is 6.11 Å². The van der Waals surface area contributed by atoms with Crippen LogP contribution < -0.4 is 10.1 Å². The van der Waals surface area contributed by atoms with Crippen LogP contribution in [0.15, 0.2) is 41.9 Å². The van der Waals surface area contributed by atoms with Crippen molar-refractivity contribution in [2.75, 3.05) is 11.9 Å². The molecule has 1 aliphatic rings. The highest BCUT2D eigenvalue weighted by atomic mass is 32.1. The molecular weight excluding hydrogens is 444 g/mol. The summed E-state index contributed by atoms with van der Waals surface area (Å²) in [6, 6.07) is 8.26. The molecule has 3 heterocycles. The molecule has 33 heavy (non-hydrogen) atoms. The van der Waals surface area contributed by atoms with Gasteiger partial charge in [0.05, 0.1) is 5.56 Å². The van der Waals surface area contributed by atoms with E-state index in [4.69, 9.17) is 0 Å². The van der Waals surface area contributed by atoms with Crippen LogP contribution in [-0.4, -0.2) is 28.4 Å². The average molecular weight is 472 g/mol. The number of alkyl halides is 2. The van der Waals surface area contributed by atoms with Gasteiger partial charge in [0, 0.05) is 60.5 Å². The third-order valence-electron chi connectivity index (χ3n) is 5.64. The lowest BCUT2D eigenvalue weighted by molar-refractivity contribution is -0.158. The van der Waals surface area contributed by atoms with E-state index in [1.165, 1.54) is 28.1 Å². The number of halogens is 2. The minimum absolute atomic E-state index is 0.0000136. The Labute approximate surface area is 196 Å². The molecule has 0 spiro atoms. The summed E-state index contributed by atoms with van der Waals surface area (Å²) in [7, 11) is 0. The maximum atomic E-state index is 13.1. The molecule has 1 aliphatic heterocycles. The van der Waals surface area contributed by atoms with Crippen molar-refractivity contribution in [3.63, 3.8) is 0 Å². The van der Waals surface area contributed by atoms with Crippen LogP contribution in [0, 0.1) is 6.92 Å². The third-order valence-corrected chi connectivity index (χ3v) is 6.66. The van der Waals surface area contributed by atoms with Gasteiger partial charge in [-0.3, -0.25) is 14.7 Å². The Morgan fingerprint density at radius 2 is 2.15 bits per heavy atom. The van der Waals surface area contributed by atoms with Gasteiger partial charge in [0.15, 0.2) is 0 Å². The molecule has 0 aliphatic carbocycles. The van der Waals surface area contributed by atoms with Crippen LogP contribution >= 0.6 is 11.3 Å². The summed E-state index contributed by atoms with van der Waals surface area (Å²) in [5.41, 5.74) is 5.68. The van der Waals surface area contributed by atoms with E-state index in [-0.39, 0.29) is 11.7 Å². The molecule has 1 amide bonds. The van der Waals surface area contributed by atoms with E-state index in [0.717, 1.165) is 43.7 Å². The number of aryl methyl sites for hydroxylation is 2. The number of pyridine rings is 1. The predicted octanol–water partition coefficient (Wildman–Crippen LogP) is 5.82. The van der Waals surface area contributed by atoms with Gasteiger partial charge in [-0.1, -0.05) is 19.1 Å². The minimum atomic E-state index is -3.28. The Bertz CT molecular complexity index is 1160. The number of nitrogens with one attached hydrogen (secondary N) is 1. The standard InChI is InChI=1S/C25H27F2N3O2S/c1-4-22-16(2)10-17(12-28-22)13-30-9-8-20-21(15-33-23(20)14-30)24(31)29-18-6-5-7-19(11-18)32-25(3,26)27/h5-7,10-12,15H,4,8-9,13-14H2,1-3H3,(H,29,31). The molecule has 0 bridgehead atoms. The van der Waals surface area contributed by atoms with Crippen molar-refractivity contribution in [3.8, 4) is 5.75 Å². The first kappa shape index (κ1) is 23.3. The number of hydrogen-bond donors (Lipinski definition) is 1. The summed E-state index contributed by atoms with van der Waals surface area (Å²) in [5, 5.41) is 4.69. The van der Waals surface area contributed by atoms with E-state index in [2.05, 4.69) is 39.9 Å². The van der Waals surface area contributed by atoms with Crippen LogP contribution in [0.25, 0.3) is 0 Å². The molecule has 3 aromatic rings. The molecule has 8 heteroatoms. The zero-order valence-corrected chi connectivity index (χ0v) is 19.8. The normalized spacial score (nSPS) is 14.1. The number of hydrogen-bond acceptors (Lipinski definition) is 5. The SMILES string of the molecule is CCc1ncc(CN2CCc3c(C(=O)Nc4cccc(OC(C)(F)F)c4)csc3C2)cc1C. The van der Waals surface area contributed by atoms with Gasteiger partial charge < -0.3 is 10.1 Å². The van der Waals surface area contributed by atoms with Gasteiger partial charge in [0.25, 0.3) is 5.91 Å². The first-order valence-electron chi connectivity index (χ1n) is 11.0. The number of amides is 1. The molecule has 1 N–H and O–H groups in total. The quantitative estimate of drug-likeness (QED) is 0.472. The topological polar surface area (TPSA) is 54.5 Å². The molecule has 0 fully saturated rings. The summed E-state index contributed by atoms with van der Waals surface area (Å²) in [6.45, 7) is 7.36. The monoisotopic (exact) mass is 471 g/mol. The van der Waals surface area contributed by atoms with Crippen molar-refractivity contribution in [2.24, 2.45) is 0 Å². The van der Waals surface area contributed by atoms with E-state index in [1.54, 1.807) is 23.5 Å². The molecule has 4 rings (SSSR count). The second-order valence-electron chi connectivity index (χ2n) is 8.36. The molecule has 0 unspecified atom stereocenters. The number of carbonyl (C=O) groups is 1. The zero-order valence-electron chi connectivity index (χ0n) is 19.0. The van der Waals surface area contributed by atoms with Crippen LogP contribution in [0.5, 0.6) is 5.75 Å². The number of nitrogens with zero attached hydrogens (tertiary/aromatic N) is 2.